The normalized spacial score (nSPS) is 22.3. The van der Waals surface area contributed by atoms with E-state index in [1.165, 1.54) is 0 Å². The highest BCUT2D eigenvalue weighted by molar-refractivity contribution is 7.85. The zero-order valence-corrected chi connectivity index (χ0v) is 13.1. The average Bonchev–Trinajstić information content (AvgIpc) is 2.91. The maximum atomic E-state index is 11.7. The second kappa shape index (κ2) is 5.69. The molecule has 0 bridgehead atoms. The van der Waals surface area contributed by atoms with E-state index in [9.17, 15) is 4.21 Å². The lowest BCUT2D eigenvalue weighted by Crippen LogP contribution is -2.53. The monoisotopic (exact) mass is 305 g/mol. The summed E-state index contributed by atoms with van der Waals surface area (Å²) in [6.07, 6.45) is 0. The maximum absolute atomic E-state index is 11.7. The van der Waals surface area contributed by atoms with Gasteiger partial charge < -0.3 is 4.52 Å². The van der Waals surface area contributed by atoms with Crippen LogP contribution in [-0.4, -0.2) is 42.8 Å². The third-order valence-electron chi connectivity index (χ3n) is 3.79. The summed E-state index contributed by atoms with van der Waals surface area (Å²) in [7, 11) is -0.721. The van der Waals surface area contributed by atoms with E-state index in [-0.39, 0.29) is 5.54 Å². The summed E-state index contributed by atoms with van der Waals surface area (Å²) in [5.41, 5.74) is 0.844. The van der Waals surface area contributed by atoms with Crippen molar-refractivity contribution in [2.24, 2.45) is 0 Å². The molecule has 3 rings (SSSR count). The van der Waals surface area contributed by atoms with Gasteiger partial charge in [-0.2, -0.15) is 4.98 Å². The first kappa shape index (κ1) is 14.4. The molecule has 1 atom stereocenters. The molecule has 2 heterocycles. The summed E-state index contributed by atoms with van der Waals surface area (Å²) in [6.45, 7) is 5.61. The fourth-order valence-electron chi connectivity index (χ4n) is 2.55. The van der Waals surface area contributed by atoms with Gasteiger partial charge in [-0.3, -0.25) is 9.11 Å². The fraction of sp³-hybridized carbons (Fsp3) is 0.467. The first-order valence-corrected chi connectivity index (χ1v) is 8.51. The lowest BCUT2D eigenvalue weighted by molar-refractivity contribution is 0.117. The summed E-state index contributed by atoms with van der Waals surface area (Å²) in [5, 5.41) is 4.04. The fourth-order valence-corrected chi connectivity index (χ4v) is 4.09. The number of nitrogens with zero attached hydrogens (tertiary/aromatic N) is 3. The van der Waals surface area contributed by atoms with E-state index < -0.39 is 10.8 Å². The van der Waals surface area contributed by atoms with Crippen molar-refractivity contribution in [3.8, 4) is 11.4 Å². The lowest BCUT2D eigenvalue weighted by atomic mass is 10.1. The van der Waals surface area contributed by atoms with Crippen LogP contribution in [0.15, 0.2) is 34.9 Å². The molecule has 1 unspecified atom stereocenters. The third-order valence-corrected chi connectivity index (χ3v) is 5.45. The average molecular weight is 305 g/mol. The summed E-state index contributed by atoms with van der Waals surface area (Å²) in [6, 6.07) is 9.79. The van der Waals surface area contributed by atoms with Gasteiger partial charge in [0, 0.05) is 40.0 Å². The molecule has 112 valence electrons. The molecule has 2 aromatic rings. The first-order valence-electron chi connectivity index (χ1n) is 7.03. The van der Waals surface area contributed by atoms with Crippen LogP contribution in [0, 0.1) is 0 Å². The minimum Gasteiger partial charge on any atom is -0.338 e. The van der Waals surface area contributed by atoms with Gasteiger partial charge in [-0.15, -0.1) is 0 Å². The van der Waals surface area contributed by atoms with Gasteiger partial charge in [0.2, 0.25) is 11.7 Å². The molecule has 5 nitrogen and oxygen atoms in total. The van der Waals surface area contributed by atoms with E-state index in [1.807, 2.05) is 30.3 Å². The highest BCUT2D eigenvalue weighted by atomic mass is 32.2. The van der Waals surface area contributed by atoms with Gasteiger partial charge in [0.1, 0.15) is 0 Å². The molecule has 0 radical (unpaired) electrons. The van der Waals surface area contributed by atoms with Crippen LogP contribution in [0.5, 0.6) is 0 Å². The van der Waals surface area contributed by atoms with Gasteiger partial charge in [0.25, 0.3) is 0 Å². The van der Waals surface area contributed by atoms with E-state index in [1.54, 1.807) is 0 Å². The molecule has 1 aliphatic heterocycles. The van der Waals surface area contributed by atoms with Crippen LogP contribution >= 0.6 is 0 Å². The van der Waals surface area contributed by atoms with Crippen LogP contribution in [0.25, 0.3) is 11.4 Å². The number of hydrogen-bond donors (Lipinski definition) is 0. The molecule has 0 aliphatic carbocycles. The number of aromatic nitrogens is 2. The summed E-state index contributed by atoms with van der Waals surface area (Å²) in [5.74, 6) is 2.62. The van der Waals surface area contributed by atoms with E-state index in [0.29, 0.717) is 29.8 Å². The molecule has 1 saturated heterocycles. The number of hydrogen-bond acceptors (Lipinski definition) is 5. The van der Waals surface area contributed by atoms with Crippen molar-refractivity contribution >= 4 is 10.8 Å². The van der Waals surface area contributed by atoms with Crippen molar-refractivity contribution in [3.05, 3.63) is 36.2 Å². The maximum Gasteiger partial charge on any atom is 0.241 e. The van der Waals surface area contributed by atoms with Crippen LogP contribution in [0.3, 0.4) is 0 Å². The zero-order chi connectivity index (χ0) is 14.9. The molecule has 0 N–H and O–H groups in total. The van der Waals surface area contributed by atoms with Gasteiger partial charge >= 0.3 is 0 Å². The zero-order valence-electron chi connectivity index (χ0n) is 12.3. The smallest absolute Gasteiger partial charge is 0.241 e. The second-order valence-electron chi connectivity index (χ2n) is 5.90. The van der Waals surface area contributed by atoms with Gasteiger partial charge in [0.15, 0.2) is 0 Å². The van der Waals surface area contributed by atoms with Gasteiger partial charge in [-0.05, 0) is 13.8 Å². The predicted molar refractivity (Wildman–Crippen MR) is 82.1 cm³/mol. The Bertz CT molecular complexity index is 639. The third kappa shape index (κ3) is 3.22. The molecule has 1 aromatic heterocycles. The second-order valence-corrected chi connectivity index (χ2v) is 7.48. The van der Waals surface area contributed by atoms with Crippen molar-refractivity contribution in [1.29, 1.82) is 0 Å². The Morgan fingerprint density at radius 1 is 1.33 bits per heavy atom. The van der Waals surface area contributed by atoms with Gasteiger partial charge in [0.05, 0.1) is 6.54 Å². The Kier molecular flexibility index (Phi) is 3.91. The Morgan fingerprint density at radius 2 is 2.10 bits per heavy atom. The van der Waals surface area contributed by atoms with Gasteiger partial charge in [-0.25, -0.2) is 0 Å². The Balaban J connectivity index is 1.74. The number of benzene rings is 1. The van der Waals surface area contributed by atoms with Crippen LogP contribution in [0.4, 0.5) is 0 Å². The largest absolute Gasteiger partial charge is 0.338 e. The Hall–Kier alpha value is -1.53. The molecule has 21 heavy (non-hydrogen) atoms. The van der Waals surface area contributed by atoms with Crippen LogP contribution in [0.1, 0.15) is 19.7 Å². The molecule has 1 aromatic carbocycles. The summed E-state index contributed by atoms with van der Waals surface area (Å²) in [4.78, 5) is 6.72. The molecule has 6 heteroatoms. The molecule has 1 fully saturated rings. The Morgan fingerprint density at radius 3 is 2.81 bits per heavy atom. The van der Waals surface area contributed by atoms with Crippen molar-refractivity contribution in [3.63, 3.8) is 0 Å². The SMILES string of the molecule is CC1(C)CS(=O)CCN1Cc1nc(-c2ccccc2)no1. The van der Waals surface area contributed by atoms with E-state index in [0.717, 1.165) is 12.1 Å². The van der Waals surface area contributed by atoms with E-state index >= 15 is 0 Å². The van der Waals surface area contributed by atoms with Crippen molar-refractivity contribution < 1.29 is 8.73 Å². The topological polar surface area (TPSA) is 59.2 Å². The predicted octanol–water partition coefficient (Wildman–Crippen LogP) is 2.08. The molecule has 0 saturated carbocycles. The summed E-state index contributed by atoms with van der Waals surface area (Å²) < 4.78 is 17.1. The van der Waals surface area contributed by atoms with Crippen LogP contribution < -0.4 is 0 Å². The van der Waals surface area contributed by atoms with Crippen LogP contribution in [0.2, 0.25) is 0 Å². The van der Waals surface area contributed by atoms with Gasteiger partial charge in [-0.1, -0.05) is 35.5 Å². The van der Waals surface area contributed by atoms with Crippen LogP contribution in [-0.2, 0) is 17.3 Å². The van der Waals surface area contributed by atoms with Crippen molar-refractivity contribution in [2.45, 2.75) is 25.9 Å². The Labute approximate surface area is 126 Å². The molecular weight excluding hydrogens is 286 g/mol. The minimum atomic E-state index is -0.721. The lowest BCUT2D eigenvalue weighted by Gasteiger charge is -2.40. The number of rotatable bonds is 3. The van der Waals surface area contributed by atoms with Crippen molar-refractivity contribution in [2.75, 3.05) is 18.1 Å². The summed E-state index contributed by atoms with van der Waals surface area (Å²) >= 11 is 0. The highest BCUT2D eigenvalue weighted by Gasteiger charge is 2.34. The van der Waals surface area contributed by atoms with Crippen molar-refractivity contribution in [1.82, 2.24) is 15.0 Å². The van der Waals surface area contributed by atoms with E-state index in [2.05, 4.69) is 28.9 Å². The standard InChI is InChI=1S/C15H19N3O2S/c1-15(2)11-21(19)9-8-18(15)10-13-16-14(17-20-13)12-6-4-3-5-7-12/h3-7H,8-11H2,1-2H3. The van der Waals surface area contributed by atoms with E-state index in [4.69, 9.17) is 4.52 Å². The minimum absolute atomic E-state index is 0.107. The highest BCUT2D eigenvalue weighted by Crippen LogP contribution is 2.23. The molecular formula is C15H19N3O2S. The molecule has 1 aliphatic rings. The first-order chi connectivity index (χ1) is 10.0. The molecule has 0 amide bonds. The molecule has 0 spiro atoms. The quantitative estimate of drug-likeness (QED) is 0.869.